The molecule has 0 spiro atoms. The Hall–Kier alpha value is -0.550. The molecule has 0 heterocycles. The van der Waals surface area contributed by atoms with Gasteiger partial charge in [0.05, 0.1) is 21.1 Å². The quantitative estimate of drug-likeness (QED) is 0.901. The summed E-state index contributed by atoms with van der Waals surface area (Å²) in [6.07, 6.45) is 2.45. The third kappa shape index (κ3) is 2.77. The molecule has 3 nitrogen and oxygen atoms in total. The number of rotatable bonds is 4. The number of hydrogen-bond acceptors (Lipinski definition) is 2. The smallest absolute Gasteiger partial charge is 0.335 e. The summed E-state index contributed by atoms with van der Waals surface area (Å²) >= 11 is 6.64. The average molecular weight is 350 g/mol. The minimum Gasteiger partial charge on any atom is -0.491 e. The van der Waals surface area contributed by atoms with Gasteiger partial charge in [-0.2, -0.15) is 0 Å². The molecule has 0 atom stereocenters. The second kappa shape index (κ2) is 4.75. The zero-order chi connectivity index (χ0) is 11.7. The lowest BCUT2D eigenvalue weighted by Crippen LogP contribution is -2.02. The number of carboxylic acid groups (broad SMARTS) is 1. The first kappa shape index (κ1) is 11.9. The highest BCUT2D eigenvalue weighted by Crippen LogP contribution is 2.37. The molecular formula is C11H10Br2O3. The van der Waals surface area contributed by atoms with Gasteiger partial charge in [0.1, 0.15) is 5.75 Å². The van der Waals surface area contributed by atoms with Crippen LogP contribution in [0.25, 0.3) is 0 Å². The van der Waals surface area contributed by atoms with E-state index in [1.165, 1.54) is 12.8 Å². The van der Waals surface area contributed by atoms with E-state index >= 15 is 0 Å². The monoisotopic (exact) mass is 348 g/mol. The highest BCUT2D eigenvalue weighted by Gasteiger charge is 2.23. The fourth-order valence-corrected chi connectivity index (χ4v) is 2.72. The van der Waals surface area contributed by atoms with Crippen molar-refractivity contribution in [3.8, 4) is 5.75 Å². The van der Waals surface area contributed by atoms with Crippen molar-refractivity contribution < 1.29 is 14.6 Å². The summed E-state index contributed by atoms with van der Waals surface area (Å²) in [4.78, 5) is 10.8. The molecule has 86 valence electrons. The highest BCUT2D eigenvalue weighted by atomic mass is 79.9. The van der Waals surface area contributed by atoms with Crippen LogP contribution in [0, 0.1) is 5.92 Å². The SMILES string of the molecule is O=C(O)c1cc(Br)c(OCC2CC2)c(Br)c1. The van der Waals surface area contributed by atoms with E-state index in [4.69, 9.17) is 9.84 Å². The molecule has 0 saturated heterocycles. The van der Waals surface area contributed by atoms with Crippen molar-refractivity contribution in [2.24, 2.45) is 5.92 Å². The van der Waals surface area contributed by atoms with E-state index < -0.39 is 5.97 Å². The van der Waals surface area contributed by atoms with E-state index in [0.29, 0.717) is 27.2 Å². The number of hydrogen-bond donors (Lipinski definition) is 1. The van der Waals surface area contributed by atoms with Crippen LogP contribution in [0.3, 0.4) is 0 Å². The molecule has 2 rings (SSSR count). The molecule has 1 saturated carbocycles. The van der Waals surface area contributed by atoms with Crippen LogP contribution in [0.15, 0.2) is 21.1 Å². The Bertz CT molecular complexity index is 404. The zero-order valence-corrected chi connectivity index (χ0v) is 11.5. The second-order valence-electron chi connectivity index (χ2n) is 3.83. The number of halogens is 2. The lowest BCUT2D eigenvalue weighted by Gasteiger charge is -2.10. The normalized spacial score (nSPS) is 14.9. The molecule has 5 heteroatoms. The number of ether oxygens (including phenoxy) is 1. The summed E-state index contributed by atoms with van der Waals surface area (Å²) in [5.74, 6) is 0.394. The predicted octanol–water partition coefficient (Wildman–Crippen LogP) is 3.70. The van der Waals surface area contributed by atoms with Crippen LogP contribution in [0.1, 0.15) is 23.2 Å². The van der Waals surface area contributed by atoms with Gasteiger partial charge in [0, 0.05) is 0 Å². The third-order valence-corrected chi connectivity index (χ3v) is 3.58. The van der Waals surface area contributed by atoms with Crippen LogP contribution in [0.2, 0.25) is 0 Å². The summed E-state index contributed by atoms with van der Waals surface area (Å²) in [5.41, 5.74) is 0.234. The maximum Gasteiger partial charge on any atom is 0.335 e. The summed E-state index contributed by atoms with van der Waals surface area (Å²) in [5, 5.41) is 8.87. The fourth-order valence-electron chi connectivity index (χ4n) is 1.31. The van der Waals surface area contributed by atoms with Crippen LogP contribution >= 0.6 is 31.9 Å². The van der Waals surface area contributed by atoms with Crippen LogP contribution in [-0.4, -0.2) is 17.7 Å². The minimum atomic E-state index is -0.949. The minimum absolute atomic E-state index is 0.234. The van der Waals surface area contributed by atoms with E-state index in [1.54, 1.807) is 12.1 Å². The Morgan fingerprint density at radius 3 is 2.38 bits per heavy atom. The van der Waals surface area contributed by atoms with Gasteiger partial charge in [0.25, 0.3) is 0 Å². The molecule has 1 fully saturated rings. The molecule has 1 aliphatic carbocycles. The number of carboxylic acids is 1. The van der Waals surface area contributed by atoms with Crippen LogP contribution in [0.5, 0.6) is 5.75 Å². The van der Waals surface area contributed by atoms with E-state index in [9.17, 15) is 4.79 Å². The highest BCUT2D eigenvalue weighted by molar-refractivity contribution is 9.11. The average Bonchev–Trinajstić information content (AvgIpc) is 2.99. The molecule has 0 unspecified atom stereocenters. The van der Waals surface area contributed by atoms with Crippen molar-refractivity contribution >= 4 is 37.8 Å². The van der Waals surface area contributed by atoms with Gasteiger partial charge in [0.15, 0.2) is 0 Å². The first-order valence-corrected chi connectivity index (χ1v) is 6.51. The first-order chi connectivity index (χ1) is 7.58. The Balaban J connectivity index is 2.19. The van der Waals surface area contributed by atoms with Crippen molar-refractivity contribution in [2.75, 3.05) is 6.61 Å². The van der Waals surface area contributed by atoms with Crippen LogP contribution in [0.4, 0.5) is 0 Å². The van der Waals surface area contributed by atoms with Gasteiger partial charge < -0.3 is 9.84 Å². The van der Waals surface area contributed by atoms with Gasteiger partial charge in [0.2, 0.25) is 0 Å². The number of carbonyl (C=O) groups is 1. The van der Waals surface area contributed by atoms with E-state index in [1.807, 2.05) is 0 Å². The van der Waals surface area contributed by atoms with Crippen molar-refractivity contribution in [3.63, 3.8) is 0 Å². The fraction of sp³-hybridized carbons (Fsp3) is 0.364. The summed E-state index contributed by atoms with van der Waals surface area (Å²) in [6.45, 7) is 0.698. The van der Waals surface area contributed by atoms with Gasteiger partial charge in [-0.15, -0.1) is 0 Å². The number of aromatic carboxylic acids is 1. The molecule has 0 radical (unpaired) electrons. The summed E-state index contributed by atoms with van der Waals surface area (Å²) < 4.78 is 6.97. The zero-order valence-electron chi connectivity index (χ0n) is 8.37. The van der Waals surface area contributed by atoms with Gasteiger partial charge in [-0.3, -0.25) is 0 Å². The molecule has 0 bridgehead atoms. The molecule has 1 aromatic rings. The topological polar surface area (TPSA) is 46.5 Å². The summed E-state index contributed by atoms with van der Waals surface area (Å²) in [6, 6.07) is 3.10. The maximum atomic E-state index is 10.8. The largest absolute Gasteiger partial charge is 0.491 e. The Morgan fingerprint density at radius 1 is 1.38 bits per heavy atom. The second-order valence-corrected chi connectivity index (χ2v) is 5.54. The Morgan fingerprint density at radius 2 is 1.94 bits per heavy atom. The van der Waals surface area contributed by atoms with Gasteiger partial charge in [-0.1, -0.05) is 0 Å². The van der Waals surface area contributed by atoms with Gasteiger partial charge in [-0.25, -0.2) is 4.79 Å². The number of benzene rings is 1. The van der Waals surface area contributed by atoms with Crippen LogP contribution in [-0.2, 0) is 0 Å². The van der Waals surface area contributed by atoms with E-state index in [0.717, 1.165) is 0 Å². The maximum absolute atomic E-state index is 10.8. The lowest BCUT2D eigenvalue weighted by molar-refractivity contribution is 0.0696. The van der Waals surface area contributed by atoms with Crippen molar-refractivity contribution in [3.05, 3.63) is 26.6 Å². The van der Waals surface area contributed by atoms with Crippen LogP contribution < -0.4 is 4.74 Å². The van der Waals surface area contributed by atoms with E-state index in [2.05, 4.69) is 31.9 Å². The van der Waals surface area contributed by atoms with E-state index in [-0.39, 0.29) is 5.56 Å². The molecular weight excluding hydrogens is 340 g/mol. The summed E-state index contributed by atoms with van der Waals surface area (Å²) in [7, 11) is 0. The molecule has 1 aromatic carbocycles. The van der Waals surface area contributed by atoms with Gasteiger partial charge >= 0.3 is 5.97 Å². The standard InChI is InChI=1S/C11H10Br2O3/c12-8-3-7(11(14)15)4-9(13)10(8)16-5-6-1-2-6/h3-4,6H,1-2,5H2,(H,14,15). The first-order valence-electron chi connectivity index (χ1n) is 4.93. The Labute approximate surface area is 110 Å². The van der Waals surface area contributed by atoms with Crippen molar-refractivity contribution in [2.45, 2.75) is 12.8 Å². The molecule has 16 heavy (non-hydrogen) atoms. The Kier molecular flexibility index (Phi) is 3.54. The molecule has 1 N–H and O–H groups in total. The molecule has 0 amide bonds. The van der Waals surface area contributed by atoms with Crippen molar-refractivity contribution in [1.82, 2.24) is 0 Å². The molecule has 1 aliphatic rings. The molecule has 0 aliphatic heterocycles. The van der Waals surface area contributed by atoms with Crippen molar-refractivity contribution in [1.29, 1.82) is 0 Å². The lowest BCUT2D eigenvalue weighted by atomic mass is 10.2. The van der Waals surface area contributed by atoms with Gasteiger partial charge in [-0.05, 0) is 62.8 Å². The predicted molar refractivity (Wildman–Crippen MR) is 67.0 cm³/mol. The molecule has 0 aromatic heterocycles. The third-order valence-electron chi connectivity index (χ3n) is 2.41.